The molecule has 1 amide bonds. The van der Waals surface area contributed by atoms with Gasteiger partial charge in [0, 0.05) is 44.1 Å². The maximum Gasteiger partial charge on any atom is 0.258 e. The third kappa shape index (κ3) is 5.25. The number of fused-ring (bicyclic) bond motifs is 1. The zero-order valence-electron chi connectivity index (χ0n) is 16.8. The van der Waals surface area contributed by atoms with Crippen molar-refractivity contribution >= 4 is 5.91 Å². The molecule has 1 atom stereocenters. The smallest absolute Gasteiger partial charge is 0.258 e. The van der Waals surface area contributed by atoms with Gasteiger partial charge in [-0.15, -0.1) is 0 Å². The van der Waals surface area contributed by atoms with Gasteiger partial charge in [0.05, 0.1) is 6.10 Å². The van der Waals surface area contributed by atoms with Crippen LogP contribution in [0.2, 0.25) is 0 Å². The molecular weight excluding hydrogens is 380 g/mol. The molecule has 1 aromatic heterocycles. The molecule has 0 aliphatic carbocycles. The summed E-state index contributed by atoms with van der Waals surface area (Å²) in [7, 11) is 0. The van der Waals surface area contributed by atoms with E-state index in [1.807, 2.05) is 24.3 Å². The second kappa shape index (κ2) is 9.56. The lowest BCUT2D eigenvalue weighted by atomic mass is 10.00. The largest absolute Gasteiger partial charge is 0.484 e. The molecule has 3 aromatic rings. The van der Waals surface area contributed by atoms with Crippen LogP contribution in [-0.2, 0) is 17.8 Å². The summed E-state index contributed by atoms with van der Waals surface area (Å²) in [6, 6.07) is 15.8. The number of ether oxygens (including phenoxy) is 1. The van der Waals surface area contributed by atoms with Gasteiger partial charge in [0.2, 0.25) is 0 Å². The number of carbonyl (C=O) groups is 1. The Morgan fingerprint density at radius 1 is 1.23 bits per heavy atom. The summed E-state index contributed by atoms with van der Waals surface area (Å²) in [6.45, 7) is 2.37. The number of H-pyrrole nitrogens is 1. The number of aliphatic hydroxyl groups is 1. The number of hydrogen-bond donors (Lipinski definition) is 3. The third-order valence-electron chi connectivity index (χ3n) is 5.19. The van der Waals surface area contributed by atoms with E-state index in [1.54, 1.807) is 18.5 Å². The van der Waals surface area contributed by atoms with Crippen molar-refractivity contribution in [1.29, 1.82) is 0 Å². The fourth-order valence-electron chi connectivity index (χ4n) is 3.66. The van der Waals surface area contributed by atoms with Gasteiger partial charge in [-0.1, -0.05) is 36.4 Å². The van der Waals surface area contributed by atoms with E-state index in [1.165, 1.54) is 11.1 Å². The van der Waals surface area contributed by atoms with Gasteiger partial charge in [-0.3, -0.25) is 9.69 Å². The fraction of sp³-hybridized carbons (Fsp3) is 0.304. The number of rotatable bonds is 8. The molecule has 1 aliphatic rings. The number of carbonyl (C=O) groups excluding carboxylic acids is 1. The zero-order valence-corrected chi connectivity index (χ0v) is 16.8. The molecule has 2 aromatic carbocycles. The Hall–Kier alpha value is -3.16. The first kappa shape index (κ1) is 20.1. The lowest BCUT2D eigenvalue weighted by molar-refractivity contribution is -0.123. The second-order valence-electron chi connectivity index (χ2n) is 7.47. The van der Waals surface area contributed by atoms with Crippen LogP contribution in [0.25, 0.3) is 11.4 Å². The van der Waals surface area contributed by atoms with E-state index < -0.39 is 6.10 Å². The predicted molar refractivity (Wildman–Crippen MR) is 114 cm³/mol. The first-order valence-electron chi connectivity index (χ1n) is 10.1. The van der Waals surface area contributed by atoms with E-state index in [4.69, 9.17) is 4.74 Å². The standard InChI is InChI=1S/C23H26N4O3/c28-20(15-27-11-8-17-4-1-2-5-19(17)14-27)13-26-22(29)16-30-21-7-3-6-18(12-21)23-24-9-10-25-23/h1-7,9-10,12,20,28H,8,11,13-16H2,(H,24,25)(H,26,29). The average molecular weight is 406 g/mol. The van der Waals surface area contributed by atoms with Crippen molar-refractivity contribution in [3.63, 3.8) is 0 Å². The molecule has 0 bridgehead atoms. The van der Waals surface area contributed by atoms with Crippen LogP contribution in [-0.4, -0.2) is 58.2 Å². The molecule has 2 heterocycles. The van der Waals surface area contributed by atoms with Crippen LogP contribution in [0.5, 0.6) is 5.75 Å². The summed E-state index contributed by atoms with van der Waals surface area (Å²) >= 11 is 0. The van der Waals surface area contributed by atoms with Gasteiger partial charge >= 0.3 is 0 Å². The Bertz CT molecular complexity index is 974. The Morgan fingerprint density at radius 3 is 2.93 bits per heavy atom. The van der Waals surface area contributed by atoms with Crippen molar-refractivity contribution in [2.75, 3.05) is 26.2 Å². The fourth-order valence-corrected chi connectivity index (χ4v) is 3.66. The monoisotopic (exact) mass is 406 g/mol. The van der Waals surface area contributed by atoms with E-state index in [2.05, 4.69) is 38.4 Å². The predicted octanol–water partition coefficient (Wildman–Crippen LogP) is 1.99. The van der Waals surface area contributed by atoms with Gasteiger partial charge in [-0.2, -0.15) is 0 Å². The molecular formula is C23H26N4O3. The van der Waals surface area contributed by atoms with E-state index in [0.717, 1.165) is 30.9 Å². The van der Waals surface area contributed by atoms with E-state index in [-0.39, 0.29) is 19.1 Å². The molecule has 30 heavy (non-hydrogen) atoms. The molecule has 7 nitrogen and oxygen atoms in total. The Labute approximate surface area is 175 Å². The molecule has 1 aliphatic heterocycles. The first-order valence-corrected chi connectivity index (χ1v) is 10.1. The molecule has 7 heteroatoms. The molecule has 0 fully saturated rings. The van der Waals surface area contributed by atoms with Gasteiger partial charge in [-0.25, -0.2) is 4.98 Å². The minimum Gasteiger partial charge on any atom is -0.484 e. The van der Waals surface area contributed by atoms with Crippen molar-refractivity contribution in [2.24, 2.45) is 0 Å². The average Bonchev–Trinajstić information content (AvgIpc) is 3.31. The van der Waals surface area contributed by atoms with Crippen LogP contribution in [0.4, 0.5) is 0 Å². The summed E-state index contributed by atoms with van der Waals surface area (Å²) < 4.78 is 5.58. The van der Waals surface area contributed by atoms with Crippen LogP contribution in [0.3, 0.4) is 0 Å². The highest BCUT2D eigenvalue weighted by Crippen LogP contribution is 2.21. The van der Waals surface area contributed by atoms with E-state index in [0.29, 0.717) is 12.3 Å². The molecule has 4 rings (SSSR count). The number of aliphatic hydroxyl groups excluding tert-OH is 1. The Kier molecular flexibility index (Phi) is 6.41. The summed E-state index contributed by atoms with van der Waals surface area (Å²) in [5.41, 5.74) is 3.58. The van der Waals surface area contributed by atoms with Gasteiger partial charge in [-0.05, 0) is 29.7 Å². The zero-order chi connectivity index (χ0) is 20.8. The minimum atomic E-state index is -0.624. The number of aromatic amines is 1. The number of hydrogen-bond acceptors (Lipinski definition) is 5. The number of nitrogens with one attached hydrogen (secondary N) is 2. The lowest BCUT2D eigenvalue weighted by Gasteiger charge is -2.30. The molecule has 1 unspecified atom stereocenters. The van der Waals surface area contributed by atoms with Crippen LogP contribution in [0.15, 0.2) is 60.9 Å². The molecule has 0 saturated carbocycles. The normalized spacial score (nSPS) is 14.7. The highest BCUT2D eigenvalue weighted by molar-refractivity contribution is 5.77. The summed E-state index contributed by atoms with van der Waals surface area (Å²) in [5.74, 6) is 1.07. The summed E-state index contributed by atoms with van der Waals surface area (Å²) in [4.78, 5) is 21.6. The highest BCUT2D eigenvalue weighted by atomic mass is 16.5. The number of benzene rings is 2. The molecule has 0 radical (unpaired) electrons. The number of β-amino-alcohol motifs (C(OH)–C–C–N with tert-alkyl or cyclic N) is 1. The lowest BCUT2D eigenvalue weighted by Crippen LogP contribution is -2.42. The number of imidazole rings is 1. The first-order chi connectivity index (χ1) is 14.7. The maximum atomic E-state index is 12.1. The minimum absolute atomic E-state index is 0.106. The van der Waals surface area contributed by atoms with Gasteiger partial charge in [0.15, 0.2) is 6.61 Å². The Morgan fingerprint density at radius 2 is 2.10 bits per heavy atom. The third-order valence-corrected chi connectivity index (χ3v) is 5.19. The maximum absolute atomic E-state index is 12.1. The van der Waals surface area contributed by atoms with Crippen molar-refractivity contribution in [2.45, 2.75) is 19.1 Å². The molecule has 0 spiro atoms. The van der Waals surface area contributed by atoms with Crippen molar-refractivity contribution < 1.29 is 14.6 Å². The summed E-state index contributed by atoms with van der Waals surface area (Å²) in [5, 5.41) is 13.1. The molecule has 156 valence electrons. The van der Waals surface area contributed by atoms with E-state index in [9.17, 15) is 9.90 Å². The van der Waals surface area contributed by atoms with Crippen molar-refractivity contribution in [3.8, 4) is 17.1 Å². The number of amides is 1. The topological polar surface area (TPSA) is 90.5 Å². The van der Waals surface area contributed by atoms with Crippen LogP contribution >= 0.6 is 0 Å². The molecule has 0 saturated heterocycles. The molecule has 3 N–H and O–H groups in total. The summed E-state index contributed by atoms with van der Waals surface area (Å²) in [6.07, 6.45) is 3.80. The quantitative estimate of drug-likeness (QED) is 0.532. The highest BCUT2D eigenvalue weighted by Gasteiger charge is 2.18. The van der Waals surface area contributed by atoms with Crippen molar-refractivity contribution in [1.82, 2.24) is 20.2 Å². The number of aromatic nitrogens is 2. The number of nitrogens with zero attached hydrogens (tertiary/aromatic N) is 2. The van der Waals surface area contributed by atoms with Crippen LogP contribution < -0.4 is 10.1 Å². The van der Waals surface area contributed by atoms with Crippen molar-refractivity contribution in [3.05, 3.63) is 72.1 Å². The van der Waals surface area contributed by atoms with E-state index >= 15 is 0 Å². The van der Waals surface area contributed by atoms with Gasteiger partial charge in [0.1, 0.15) is 11.6 Å². The van der Waals surface area contributed by atoms with Gasteiger partial charge in [0.25, 0.3) is 5.91 Å². The van der Waals surface area contributed by atoms with Crippen LogP contribution in [0.1, 0.15) is 11.1 Å². The van der Waals surface area contributed by atoms with Crippen LogP contribution in [0, 0.1) is 0 Å². The SMILES string of the molecule is O=C(COc1cccc(-c2ncc[nH]2)c1)NCC(O)CN1CCc2ccccc2C1. The second-order valence-corrected chi connectivity index (χ2v) is 7.47. The Balaban J connectivity index is 1.19. The van der Waals surface area contributed by atoms with Gasteiger partial charge < -0.3 is 20.1 Å².